The lowest BCUT2D eigenvalue weighted by molar-refractivity contribution is -0.385. The molecule has 0 aliphatic rings. The third-order valence-electron chi connectivity index (χ3n) is 4.18. The van der Waals surface area contributed by atoms with Gasteiger partial charge in [0.25, 0.3) is 0 Å². The van der Waals surface area contributed by atoms with E-state index < -0.39 is 16.2 Å². The van der Waals surface area contributed by atoms with E-state index >= 15 is 0 Å². The number of nitrogens with one attached hydrogen (secondary N) is 1. The molecular weight excluding hydrogens is 334 g/mol. The average molecular weight is 353 g/mol. The number of nitro groups is 1. The van der Waals surface area contributed by atoms with Crippen LogP contribution in [0.15, 0.2) is 47.4 Å². The van der Waals surface area contributed by atoms with Crippen LogP contribution in [0.2, 0.25) is 0 Å². The minimum Gasteiger partial charge on any atom is -0.378 e. The number of aromatic nitrogens is 2. The predicted octanol–water partition coefficient (Wildman–Crippen LogP) is 2.59. The van der Waals surface area contributed by atoms with Gasteiger partial charge in [0.1, 0.15) is 5.65 Å². The lowest BCUT2D eigenvalue weighted by Gasteiger charge is -2.15. The zero-order valence-corrected chi connectivity index (χ0v) is 14.8. The number of hydrogen-bond acceptors (Lipinski definition) is 6. The Morgan fingerprint density at radius 3 is 2.69 bits per heavy atom. The lowest BCUT2D eigenvalue weighted by atomic mass is 10.1. The topological polar surface area (TPSA) is 92.8 Å². The lowest BCUT2D eigenvalue weighted by Crippen LogP contribution is -2.21. The van der Waals surface area contributed by atoms with Crippen molar-refractivity contribution in [2.45, 2.75) is 13.5 Å². The molecule has 8 nitrogen and oxygen atoms in total. The SMILES string of the molecule is Cc1cc(N(C)C)ccc1CNc1nc2ccccn2c(=O)c1[N+](=O)[O-]. The molecule has 1 aromatic carbocycles. The van der Waals surface area contributed by atoms with Crippen LogP contribution in [-0.2, 0) is 6.54 Å². The highest BCUT2D eigenvalue weighted by atomic mass is 16.6. The Balaban J connectivity index is 1.97. The van der Waals surface area contributed by atoms with Crippen molar-refractivity contribution >= 4 is 22.8 Å². The largest absolute Gasteiger partial charge is 0.378 e. The molecule has 0 bridgehead atoms. The summed E-state index contributed by atoms with van der Waals surface area (Å²) in [6, 6.07) is 10.9. The number of rotatable bonds is 5. The van der Waals surface area contributed by atoms with Crippen molar-refractivity contribution in [1.82, 2.24) is 9.38 Å². The number of aryl methyl sites for hydroxylation is 1. The van der Waals surface area contributed by atoms with Crippen molar-refractivity contribution in [2.24, 2.45) is 0 Å². The second kappa shape index (κ2) is 6.83. The molecule has 2 aromatic heterocycles. The van der Waals surface area contributed by atoms with E-state index in [0.717, 1.165) is 16.8 Å². The van der Waals surface area contributed by atoms with E-state index in [1.165, 1.54) is 10.6 Å². The van der Waals surface area contributed by atoms with Gasteiger partial charge in [-0.25, -0.2) is 4.98 Å². The van der Waals surface area contributed by atoms with E-state index in [4.69, 9.17) is 0 Å². The third-order valence-corrected chi connectivity index (χ3v) is 4.18. The second-order valence-electron chi connectivity index (χ2n) is 6.16. The van der Waals surface area contributed by atoms with Crippen molar-refractivity contribution < 1.29 is 4.92 Å². The molecule has 8 heteroatoms. The Hall–Kier alpha value is -3.42. The summed E-state index contributed by atoms with van der Waals surface area (Å²) in [7, 11) is 3.92. The van der Waals surface area contributed by atoms with Crippen molar-refractivity contribution in [1.29, 1.82) is 0 Å². The van der Waals surface area contributed by atoms with Gasteiger partial charge in [-0.05, 0) is 42.3 Å². The van der Waals surface area contributed by atoms with Crippen LogP contribution in [0.5, 0.6) is 0 Å². The summed E-state index contributed by atoms with van der Waals surface area (Å²) in [6.07, 6.45) is 1.46. The fraction of sp³-hybridized carbons (Fsp3) is 0.222. The minimum atomic E-state index is -0.706. The summed E-state index contributed by atoms with van der Waals surface area (Å²) in [5.41, 5.74) is 2.17. The Bertz CT molecular complexity index is 1040. The van der Waals surface area contributed by atoms with Crippen molar-refractivity contribution in [3.05, 3.63) is 74.2 Å². The first-order valence-corrected chi connectivity index (χ1v) is 8.05. The highest BCUT2D eigenvalue weighted by Crippen LogP contribution is 2.21. The molecule has 0 saturated heterocycles. The first kappa shape index (κ1) is 17.4. The molecule has 0 radical (unpaired) electrons. The van der Waals surface area contributed by atoms with Gasteiger partial charge in [-0.15, -0.1) is 0 Å². The van der Waals surface area contributed by atoms with Gasteiger partial charge in [0.15, 0.2) is 0 Å². The summed E-state index contributed by atoms with van der Waals surface area (Å²) in [5.74, 6) is -0.0257. The maximum atomic E-state index is 12.4. The van der Waals surface area contributed by atoms with Gasteiger partial charge < -0.3 is 10.2 Å². The van der Waals surface area contributed by atoms with Crippen molar-refractivity contribution in [3.63, 3.8) is 0 Å². The van der Waals surface area contributed by atoms with Gasteiger partial charge in [-0.1, -0.05) is 12.1 Å². The first-order valence-electron chi connectivity index (χ1n) is 8.05. The van der Waals surface area contributed by atoms with E-state index in [1.807, 2.05) is 44.1 Å². The van der Waals surface area contributed by atoms with E-state index in [0.29, 0.717) is 12.2 Å². The number of benzene rings is 1. The molecule has 0 aliphatic carbocycles. The molecule has 0 aliphatic heterocycles. The Kier molecular flexibility index (Phi) is 4.57. The normalized spacial score (nSPS) is 10.7. The summed E-state index contributed by atoms with van der Waals surface area (Å²) in [5, 5.41) is 14.3. The summed E-state index contributed by atoms with van der Waals surface area (Å²) >= 11 is 0. The van der Waals surface area contributed by atoms with Crippen LogP contribution < -0.4 is 15.8 Å². The molecule has 0 fully saturated rings. The second-order valence-corrected chi connectivity index (χ2v) is 6.16. The average Bonchev–Trinajstić information content (AvgIpc) is 2.60. The molecule has 134 valence electrons. The Morgan fingerprint density at radius 1 is 1.27 bits per heavy atom. The molecular formula is C18H19N5O3. The quantitative estimate of drug-likeness (QED) is 0.560. The number of nitrogens with zero attached hydrogens (tertiary/aromatic N) is 4. The van der Waals surface area contributed by atoms with Crippen LogP contribution in [-0.4, -0.2) is 28.4 Å². The Morgan fingerprint density at radius 2 is 2.04 bits per heavy atom. The molecule has 26 heavy (non-hydrogen) atoms. The summed E-state index contributed by atoms with van der Waals surface area (Å²) < 4.78 is 1.17. The zero-order valence-electron chi connectivity index (χ0n) is 14.8. The highest BCUT2D eigenvalue weighted by Gasteiger charge is 2.23. The highest BCUT2D eigenvalue weighted by molar-refractivity contribution is 5.60. The van der Waals surface area contributed by atoms with E-state index in [9.17, 15) is 14.9 Å². The maximum Gasteiger partial charge on any atom is 0.376 e. The van der Waals surface area contributed by atoms with Crippen molar-refractivity contribution in [3.8, 4) is 0 Å². The van der Waals surface area contributed by atoms with Gasteiger partial charge >= 0.3 is 11.2 Å². The van der Waals surface area contributed by atoms with Gasteiger partial charge in [0.2, 0.25) is 5.82 Å². The molecule has 1 N–H and O–H groups in total. The van der Waals surface area contributed by atoms with Crippen LogP contribution in [0.3, 0.4) is 0 Å². The maximum absolute atomic E-state index is 12.4. The molecule has 0 saturated carbocycles. The smallest absolute Gasteiger partial charge is 0.376 e. The van der Waals surface area contributed by atoms with Gasteiger partial charge in [0.05, 0.1) is 4.92 Å². The number of anilines is 2. The molecule has 0 unspecified atom stereocenters. The summed E-state index contributed by atoms with van der Waals surface area (Å²) in [4.78, 5) is 29.4. The number of pyridine rings is 1. The fourth-order valence-corrected chi connectivity index (χ4v) is 2.70. The minimum absolute atomic E-state index is 0.0257. The number of fused-ring (bicyclic) bond motifs is 1. The van der Waals surface area contributed by atoms with Crippen LogP contribution >= 0.6 is 0 Å². The molecule has 0 spiro atoms. The standard InChI is InChI=1S/C18H19N5O3/c1-12-10-14(21(2)3)8-7-13(12)11-19-17-16(23(25)26)18(24)22-9-5-4-6-15(22)20-17/h4-10,19H,11H2,1-3H3. The van der Waals surface area contributed by atoms with Crippen molar-refractivity contribution in [2.75, 3.05) is 24.3 Å². The van der Waals surface area contributed by atoms with Gasteiger partial charge in [0, 0.05) is 32.5 Å². The van der Waals surface area contributed by atoms with E-state index in [2.05, 4.69) is 10.3 Å². The monoisotopic (exact) mass is 353 g/mol. The molecule has 3 rings (SSSR count). The van der Waals surface area contributed by atoms with E-state index in [-0.39, 0.29) is 5.82 Å². The van der Waals surface area contributed by atoms with Gasteiger partial charge in [-0.2, -0.15) is 0 Å². The van der Waals surface area contributed by atoms with Crippen LogP contribution in [0.4, 0.5) is 17.2 Å². The zero-order chi connectivity index (χ0) is 18.8. The Labute approximate surface area is 149 Å². The van der Waals surface area contributed by atoms with Crippen LogP contribution in [0.25, 0.3) is 5.65 Å². The van der Waals surface area contributed by atoms with Gasteiger partial charge in [-0.3, -0.25) is 19.3 Å². The molecule has 0 atom stereocenters. The van der Waals surface area contributed by atoms with E-state index in [1.54, 1.807) is 18.2 Å². The molecule has 2 heterocycles. The third kappa shape index (κ3) is 3.21. The number of hydrogen-bond donors (Lipinski definition) is 1. The first-order chi connectivity index (χ1) is 12.4. The fourth-order valence-electron chi connectivity index (χ4n) is 2.70. The van der Waals surface area contributed by atoms with Crippen LogP contribution in [0, 0.1) is 17.0 Å². The predicted molar refractivity (Wildman–Crippen MR) is 101 cm³/mol. The van der Waals surface area contributed by atoms with Crippen LogP contribution in [0.1, 0.15) is 11.1 Å². The summed E-state index contributed by atoms with van der Waals surface area (Å²) in [6.45, 7) is 2.30. The molecule has 3 aromatic rings. The molecule has 0 amide bonds.